The van der Waals surface area contributed by atoms with E-state index in [-0.39, 0.29) is 16.5 Å². The van der Waals surface area contributed by atoms with Crippen LogP contribution in [0.1, 0.15) is 22.8 Å². The van der Waals surface area contributed by atoms with Crippen molar-refractivity contribution in [2.45, 2.75) is 13.5 Å². The van der Waals surface area contributed by atoms with E-state index in [4.69, 9.17) is 16.3 Å². The van der Waals surface area contributed by atoms with Gasteiger partial charge in [0.15, 0.2) is 6.61 Å². The molecule has 26 heavy (non-hydrogen) atoms. The number of nitrogens with zero attached hydrogens (tertiary/aromatic N) is 2. The van der Waals surface area contributed by atoms with Gasteiger partial charge in [-0.1, -0.05) is 41.9 Å². The van der Waals surface area contributed by atoms with Crippen molar-refractivity contribution in [1.82, 2.24) is 4.90 Å². The predicted octanol–water partition coefficient (Wildman–Crippen LogP) is 3.45. The van der Waals surface area contributed by atoms with Crippen LogP contribution in [0.15, 0.2) is 48.5 Å². The Hall–Kier alpha value is -2.93. The average molecular weight is 377 g/mol. The Morgan fingerprint density at radius 1 is 1.19 bits per heavy atom. The number of rotatable bonds is 7. The first-order chi connectivity index (χ1) is 12.4. The number of hydrogen-bond donors (Lipinski definition) is 0. The number of esters is 1. The highest BCUT2D eigenvalue weighted by Gasteiger charge is 2.19. The topological polar surface area (TPSA) is 89.8 Å². The quantitative estimate of drug-likeness (QED) is 0.419. The van der Waals surface area contributed by atoms with Crippen LogP contribution in [-0.2, 0) is 16.1 Å². The van der Waals surface area contributed by atoms with Crippen LogP contribution in [0, 0.1) is 10.1 Å². The second kappa shape index (κ2) is 8.96. The third-order valence-electron chi connectivity index (χ3n) is 3.66. The molecule has 0 radical (unpaired) electrons. The number of ether oxygens (including phenoxy) is 1. The lowest BCUT2D eigenvalue weighted by Crippen LogP contribution is -2.34. The lowest BCUT2D eigenvalue weighted by atomic mass is 10.2. The van der Waals surface area contributed by atoms with Crippen LogP contribution in [0.5, 0.6) is 0 Å². The summed E-state index contributed by atoms with van der Waals surface area (Å²) in [7, 11) is 0. The first kappa shape index (κ1) is 19.4. The Morgan fingerprint density at radius 2 is 1.88 bits per heavy atom. The Balaban J connectivity index is 1.98. The Labute approximate surface area is 155 Å². The SMILES string of the molecule is CCN(Cc1ccccc1)C(=O)COC(=O)c1ccc(Cl)c([N+](=O)[O-])c1. The van der Waals surface area contributed by atoms with Gasteiger partial charge in [0, 0.05) is 19.2 Å². The number of likely N-dealkylation sites (N-methyl/N-ethyl adjacent to an activating group) is 1. The number of hydrogen-bond acceptors (Lipinski definition) is 5. The minimum absolute atomic E-state index is 0.0417. The van der Waals surface area contributed by atoms with Crippen molar-refractivity contribution < 1.29 is 19.2 Å². The average Bonchev–Trinajstić information content (AvgIpc) is 2.64. The lowest BCUT2D eigenvalue weighted by molar-refractivity contribution is -0.384. The standard InChI is InChI=1S/C18H17ClN2O5/c1-2-20(11-13-6-4-3-5-7-13)17(22)12-26-18(23)14-8-9-15(19)16(10-14)21(24)25/h3-10H,2,11-12H2,1H3. The molecule has 0 spiro atoms. The highest BCUT2D eigenvalue weighted by atomic mass is 35.5. The molecule has 7 nitrogen and oxygen atoms in total. The molecule has 136 valence electrons. The number of nitro benzene ring substituents is 1. The molecule has 0 aliphatic heterocycles. The molecule has 8 heteroatoms. The first-order valence-electron chi connectivity index (χ1n) is 7.85. The minimum atomic E-state index is -0.825. The van der Waals surface area contributed by atoms with Crippen molar-refractivity contribution in [1.29, 1.82) is 0 Å². The summed E-state index contributed by atoms with van der Waals surface area (Å²) in [6, 6.07) is 13.0. The smallest absolute Gasteiger partial charge is 0.338 e. The molecule has 2 aromatic rings. The second-order valence-corrected chi connectivity index (χ2v) is 5.80. The van der Waals surface area contributed by atoms with E-state index in [2.05, 4.69) is 0 Å². The van der Waals surface area contributed by atoms with Crippen molar-refractivity contribution >= 4 is 29.2 Å². The number of nitro groups is 1. The van der Waals surface area contributed by atoms with Gasteiger partial charge < -0.3 is 9.64 Å². The summed E-state index contributed by atoms with van der Waals surface area (Å²) in [5, 5.41) is 10.8. The van der Waals surface area contributed by atoms with Gasteiger partial charge in [0.05, 0.1) is 10.5 Å². The van der Waals surface area contributed by atoms with E-state index in [1.54, 1.807) is 4.90 Å². The Bertz CT molecular complexity index is 810. The van der Waals surface area contributed by atoms with Crippen LogP contribution in [0.3, 0.4) is 0 Å². The van der Waals surface area contributed by atoms with Gasteiger partial charge >= 0.3 is 5.97 Å². The van der Waals surface area contributed by atoms with E-state index in [1.807, 2.05) is 37.3 Å². The maximum Gasteiger partial charge on any atom is 0.338 e. The summed E-state index contributed by atoms with van der Waals surface area (Å²) < 4.78 is 4.99. The van der Waals surface area contributed by atoms with E-state index in [0.29, 0.717) is 13.1 Å². The maximum atomic E-state index is 12.3. The van der Waals surface area contributed by atoms with Crippen LogP contribution >= 0.6 is 11.6 Å². The number of benzene rings is 2. The van der Waals surface area contributed by atoms with E-state index in [1.165, 1.54) is 12.1 Å². The monoisotopic (exact) mass is 376 g/mol. The molecule has 0 bridgehead atoms. The Morgan fingerprint density at radius 3 is 2.50 bits per heavy atom. The number of carbonyl (C=O) groups is 2. The van der Waals surface area contributed by atoms with Crippen LogP contribution in [0.25, 0.3) is 0 Å². The molecule has 0 saturated carbocycles. The van der Waals surface area contributed by atoms with Gasteiger partial charge in [0.1, 0.15) is 5.02 Å². The maximum absolute atomic E-state index is 12.3. The normalized spacial score (nSPS) is 10.2. The zero-order chi connectivity index (χ0) is 19.1. The van der Waals surface area contributed by atoms with Crippen molar-refractivity contribution in [3.05, 3.63) is 74.8 Å². The molecule has 2 aromatic carbocycles. The zero-order valence-electron chi connectivity index (χ0n) is 14.1. The van der Waals surface area contributed by atoms with E-state index in [0.717, 1.165) is 11.6 Å². The molecule has 2 rings (SSSR count). The summed E-state index contributed by atoms with van der Waals surface area (Å²) in [5.41, 5.74) is 0.522. The minimum Gasteiger partial charge on any atom is -0.452 e. The molecule has 1 amide bonds. The van der Waals surface area contributed by atoms with E-state index >= 15 is 0 Å². The van der Waals surface area contributed by atoms with Crippen molar-refractivity contribution in [3.63, 3.8) is 0 Å². The van der Waals surface area contributed by atoms with Gasteiger partial charge in [-0.25, -0.2) is 4.79 Å². The fourth-order valence-corrected chi connectivity index (χ4v) is 2.45. The van der Waals surface area contributed by atoms with Gasteiger partial charge in [-0.2, -0.15) is 0 Å². The third-order valence-corrected chi connectivity index (χ3v) is 3.98. The lowest BCUT2D eigenvalue weighted by Gasteiger charge is -2.20. The van der Waals surface area contributed by atoms with Gasteiger partial charge in [-0.05, 0) is 24.6 Å². The highest BCUT2D eigenvalue weighted by Crippen LogP contribution is 2.25. The fourth-order valence-electron chi connectivity index (χ4n) is 2.26. The summed E-state index contributed by atoms with van der Waals surface area (Å²) in [5.74, 6) is -1.18. The van der Waals surface area contributed by atoms with Crippen LogP contribution < -0.4 is 0 Å². The third kappa shape index (κ3) is 5.03. The molecule has 0 fully saturated rings. The van der Waals surface area contributed by atoms with E-state index < -0.39 is 23.2 Å². The molecule has 0 unspecified atom stereocenters. The second-order valence-electron chi connectivity index (χ2n) is 5.39. The van der Waals surface area contributed by atoms with E-state index in [9.17, 15) is 19.7 Å². The van der Waals surface area contributed by atoms with Crippen LogP contribution in [0.4, 0.5) is 5.69 Å². The van der Waals surface area contributed by atoms with Gasteiger partial charge in [0.2, 0.25) is 0 Å². The summed E-state index contributed by atoms with van der Waals surface area (Å²) in [6.07, 6.45) is 0. The zero-order valence-corrected chi connectivity index (χ0v) is 14.8. The predicted molar refractivity (Wildman–Crippen MR) is 95.9 cm³/mol. The molecular formula is C18H17ClN2O5. The summed E-state index contributed by atoms with van der Waals surface area (Å²) in [6.45, 7) is 2.24. The molecule has 0 aliphatic carbocycles. The summed E-state index contributed by atoms with van der Waals surface area (Å²) in [4.78, 5) is 36.0. The molecule has 0 aliphatic rings. The fraction of sp³-hybridized carbons (Fsp3) is 0.222. The first-order valence-corrected chi connectivity index (χ1v) is 8.23. The van der Waals surface area contributed by atoms with Crippen molar-refractivity contribution in [2.75, 3.05) is 13.2 Å². The molecule has 0 N–H and O–H groups in total. The van der Waals surface area contributed by atoms with Crippen molar-refractivity contribution in [3.8, 4) is 0 Å². The Kier molecular flexibility index (Phi) is 6.68. The molecule has 0 aromatic heterocycles. The van der Waals surface area contributed by atoms with Gasteiger partial charge in [-0.15, -0.1) is 0 Å². The molecule has 0 heterocycles. The molecule has 0 saturated heterocycles. The van der Waals surface area contributed by atoms with Crippen molar-refractivity contribution in [2.24, 2.45) is 0 Å². The van der Waals surface area contributed by atoms with Crippen LogP contribution in [0.2, 0.25) is 5.02 Å². The largest absolute Gasteiger partial charge is 0.452 e. The number of amides is 1. The highest BCUT2D eigenvalue weighted by molar-refractivity contribution is 6.32. The van der Waals surface area contributed by atoms with Crippen LogP contribution in [-0.4, -0.2) is 34.9 Å². The molecule has 0 atom stereocenters. The van der Waals surface area contributed by atoms with Gasteiger partial charge in [-0.3, -0.25) is 14.9 Å². The number of halogens is 1. The van der Waals surface area contributed by atoms with Gasteiger partial charge in [0.25, 0.3) is 11.6 Å². The molecular weight excluding hydrogens is 360 g/mol. The number of carbonyl (C=O) groups excluding carboxylic acids is 2. The summed E-state index contributed by atoms with van der Waals surface area (Å²) >= 11 is 5.71.